The molecule has 3 nitrogen and oxygen atoms in total. The maximum atomic E-state index is 12.0. The van der Waals surface area contributed by atoms with Crippen molar-refractivity contribution in [3.05, 3.63) is 0 Å². The molecule has 1 N–H and O–H groups in total. The van der Waals surface area contributed by atoms with Gasteiger partial charge in [-0.25, -0.2) is 0 Å². The summed E-state index contributed by atoms with van der Waals surface area (Å²) in [4.78, 5) is 12.0. The molecule has 1 saturated carbocycles. The van der Waals surface area contributed by atoms with Crippen LogP contribution in [0.4, 0.5) is 0 Å². The van der Waals surface area contributed by atoms with Gasteiger partial charge in [-0.2, -0.15) is 5.26 Å². The van der Waals surface area contributed by atoms with E-state index in [1.54, 1.807) is 0 Å². The smallest absolute Gasteiger partial charge is 0.226 e. The molecule has 3 heteroatoms. The van der Waals surface area contributed by atoms with Gasteiger partial charge in [0.25, 0.3) is 0 Å². The zero-order valence-corrected chi connectivity index (χ0v) is 9.68. The Bertz CT molecular complexity index is 261. The third-order valence-electron chi connectivity index (χ3n) is 3.42. The van der Waals surface area contributed by atoms with Crippen LogP contribution in [0, 0.1) is 16.7 Å². The Morgan fingerprint density at radius 2 is 2.13 bits per heavy atom. The SMILES string of the molecule is CCC(CC#N)NC(=O)C1(C)CCCC1. The molecule has 1 aliphatic rings. The van der Waals surface area contributed by atoms with Crippen molar-refractivity contribution < 1.29 is 4.79 Å². The normalized spacial score (nSPS) is 20.6. The first kappa shape index (κ1) is 12.0. The van der Waals surface area contributed by atoms with Crippen molar-refractivity contribution in [3.63, 3.8) is 0 Å². The fraction of sp³-hybridized carbons (Fsp3) is 0.833. The molecule has 0 aromatic heterocycles. The summed E-state index contributed by atoms with van der Waals surface area (Å²) in [5, 5.41) is 11.6. The van der Waals surface area contributed by atoms with Gasteiger partial charge in [0, 0.05) is 11.5 Å². The first-order valence-corrected chi connectivity index (χ1v) is 5.80. The molecule has 0 spiro atoms. The highest BCUT2D eigenvalue weighted by atomic mass is 16.2. The van der Waals surface area contributed by atoms with Crippen LogP contribution >= 0.6 is 0 Å². The van der Waals surface area contributed by atoms with Crippen LogP contribution in [0.3, 0.4) is 0 Å². The van der Waals surface area contributed by atoms with E-state index in [4.69, 9.17) is 5.26 Å². The standard InChI is InChI=1S/C12H20N2O/c1-3-10(6-9-13)14-11(15)12(2)7-4-5-8-12/h10H,3-8H2,1-2H3,(H,14,15). The van der Waals surface area contributed by atoms with Gasteiger partial charge >= 0.3 is 0 Å². The zero-order chi connectivity index (χ0) is 11.3. The third kappa shape index (κ3) is 2.95. The molecule has 1 fully saturated rings. The molecule has 15 heavy (non-hydrogen) atoms. The van der Waals surface area contributed by atoms with E-state index >= 15 is 0 Å². The summed E-state index contributed by atoms with van der Waals surface area (Å²) in [6.07, 6.45) is 5.52. The summed E-state index contributed by atoms with van der Waals surface area (Å²) >= 11 is 0. The summed E-state index contributed by atoms with van der Waals surface area (Å²) < 4.78 is 0. The largest absolute Gasteiger partial charge is 0.352 e. The Morgan fingerprint density at radius 1 is 1.53 bits per heavy atom. The van der Waals surface area contributed by atoms with Crippen molar-refractivity contribution in [2.45, 2.75) is 58.4 Å². The molecular formula is C12H20N2O. The summed E-state index contributed by atoms with van der Waals surface area (Å²) in [7, 11) is 0. The molecule has 1 rings (SSSR count). The van der Waals surface area contributed by atoms with E-state index in [1.165, 1.54) is 0 Å². The highest BCUT2D eigenvalue weighted by molar-refractivity contribution is 5.82. The fourth-order valence-corrected chi connectivity index (χ4v) is 2.15. The monoisotopic (exact) mass is 208 g/mol. The Morgan fingerprint density at radius 3 is 2.60 bits per heavy atom. The summed E-state index contributed by atoms with van der Waals surface area (Å²) in [5.74, 6) is 0.141. The van der Waals surface area contributed by atoms with Gasteiger partial charge < -0.3 is 5.32 Å². The van der Waals surface area contributed by atoms with Crippen LogP contribution in [0.1, 0.15) is 52.4 Å². The van der Waals surface area contributed by atoms with Gasteiger partial charge in [0.2, 0.25) is 5.91 Å². The van der Waals surface area contributed by atoms with Crippen molar-refractivity contribution >= 4 is 5.91 Å². The average molecular weight is 208 g/mol. The molecule has 84 valence electrons. The van der Waals surface area contributed by atoms with E-state index in [-0.39, 0.29) is 17.4 Å². The van der Waals surface area contributed by atoms with E-state index in [9.17, 15) is 4.79 Å². The van der Waals surface area contributed by atoms with Crippen molar-refractivity contribution in [1.82, 2.24) is 5.32 Å². The number of hydrogen-bond donors (Lipinski definition) is 1. The quantitative estimate of drug-likeness (QED) is 0.771. The predicted octanol–water partition coefficient (Wildman–Crippen LogP) is 2.38. The topological polar surface area (TPSA) is 52.9 Å². The van der Waals surface area contributed by atoms with E-state index in [2.05, 4.69) is 11.4 Å². The maximum absolute atomic E-state index is 12.0. The summed E-state index contributed by atoms with van der Waals surface area (Å²) in [6, 6.07) is 2.14. The van der Waals surface area contributed by atoms with E-state index in [0.29, 0.717) is 6.42 Å². The number of nitriles is 1. The number of carbonyl (C=O) groups excluding carboxylic acids is 1. The lowest BCUT2D eigenvalue weighted by Gasteiger charge is -2.25. The molecule has 0 heterocycles. The molecule has 1 aliphatic carbocycles. The van der Waals surface area contributed by atoms with Crippen molar-refractivity contribution in [2.24, 2.45) is 5.41 Å². The van der Waals surface area contributed by atoms with Crippen molar-refractivity contribution in [2.75, 3.05) is 0 Å². The van der Waals surface area contributed by atoms with Gasteiger partial charge in [0.05, 0.1) is 12.5 Å². The second-order valence-corrected chi connectivity index (χ2v) is 4.71. The first-order valence-electron chi connectivity index (χ1n) is 5.80. The molecule has 1 atom stereocenters. The highest BCUT2D eigenvalue weighted by Gasteiger charge is 2.36. The lowest BCUT2D eigenvalue weighted by atomic mass is 9.87. The molecular weight excluding hydrogens is 188 g/mol. The lowest BCUT2D eigenvalue weighted by molar-refractivity contribution is -0.130. The van der Waals surface area contributed by atoms with Crippen LogP contribution < -0.4 is 5.32 Å². The van der Waals surface area contributed by atoms with Gasteiger partial charge in [-0.15, -0.1) is 0 Å². The minimum atomic E-state index is -0.178. The van der Waals surface area contributed by atoms with Gasteiger partial charge in [-0.1, -0.05) is 26.7 Å². The number of nitrogens with one attached hydrogen (secondary N) is 1. The van der Waals surface area contributed by atoms with E-state index < -0.39 is 0 Å². The number of amides is 1. The molecule has 1 unspecified atom stereocenters. The molecule has 0 aromatic carbocycles. The van der Waals surface area contributed by atoms with Gasteiger partial charge in [-0.05, 0) is 19.3 Å². The Kier molecular flexibility index (Phi) is 4.14. The van der Waals surface area contributed by atoms with E-state index in [1.807, 2.05) is 13.8 Å². The molecule has 0 bridgehead atoms. The van der Waals surface area contributed by atoms with Crippen LogP contribution in [-0.2, 0) is 4.79 Å². The summed E-state index contributed by atoms with van der Waals surface area (Å²) in [6.45, 7) is 4.04. The van der Waals surface area contributed by atoms with Gasteiger partial charge in [0.15, 0.2) is 0 Å². The zero-order valence-electron chi connectivity index (χ0n) is 9.68. The van der Waals surface area contributed by atoms with Crippen LogP contribution in [0.15, 0.2) is 0 Å². The van der Waals surface area contributed by atoms with Crippen LogP contribution in [0.2, 0.25) is 0 Å². The first-order chi connectivity index (χ1) is 7.12. The Balaban J connectivity index is 2.50. The molecule has 0 radical (unpaired) electrons. The second-order valence-electron chi connectivity index (χ2n) is 4.71. The van der Waals surface area contributed by atoms with Crippen LogP contribution in [0.5, 0.6) is 0 Å². The van der Waals surface area contributed by atoms with Gasteiger partial charge in [-0.3, -0.25) is 4.79 Å². The molecule has 0 saturated heterocycles. The van der Waals surface area contributed by atoms with Crippen molar-refractivity contribution in [3.8, 4) is 6.07 Å². The lowest BCUT2D eigenvalue weighted by Crippen LogP contribution is -2.42. The number of hydrogen-bond acceptors (Lipinski definition) is 2. The molecule has 0 aliphatic heterocycles. The highest BCUT2D eigenvalue weighted by Crippen LogP contribution is 2.37. The van der Waals surface area contributed by atoms with E-state index in [0.717, 1.165) is 32.1 Å². The van der Waals surface area contributed by atoms with Crippen molar-refractivity contribution in [1.29, 1.82) is 5.26 Å². The number of nitrogens with zero attached hydrogens (tertiary/aromatic N) is 1. The Hall–Kier alpha value is -1.04. The number of rotatable bonds is 4. The van der Waals surface area contributed by atoms with Gasteiger partial charge in [0.1, 0.15) is 0 Å². The molecule has 1 amide bonds. The molecule has 0 aromatic rings. The maximum Gasteiger partial charge on any atom is 0.226 e. The van der Waals surface area contributed by atoms with Crippen LogP contribution in [-0.4, -0.2) is 11.9 Å². The second kappa shape index (κ2) is 5.16. The Labute approximate surface area is 91.9 Å². The minimum absolute atomic E-state index is 0.0277. The minimum Gasteiger partial charge on any atom is -0.352 e. The van der Waals surface area contributed by atoms with Crippen LogP contribution in [0.25, 0.3) is 0 Å². The number of carbonyl (C=O) groups is 1. The fourth-order valence-electron chi connectivity index (χ4n) is 2.15. The predicted molar refractivity (Wildman–Crippen MR) is 59.0 cm³/mol. The third-order valence-corrected chi connectivity index (χ3v) is 3.42. The summed E-state index contributed by atoms with van der Waals surface area (Å²) in [5.41, 5.74) is -0.178. The average Bonchev–Trinajstić information content (AvgIpc) is 2.65.